The second-order valence-electron chi connectivity index (χ2n) is 5.75. The molecule has 0 amide bonds. The van der Waals surface area contributed by atoms with E-state index in [2.05, 4.69) is 41.5 Å². The molecule has 128 valence electrons. The molecule has 0 aliphatic rings. The van der Waals surface area contributed by atoms with E-state index in [9.17, 15) is 4.39 Å². The van der Waals surface area contributed by atoms with Crippen LogP contribution in [0.15, 0.2) is 53.3 Å². The Bertz CT molecular complexity index is 871. The zero-order valence-electron chi connectivity index (χ0n) is 13.8. The Kier molecular flexibility index (Phi) is 5.23. The monoisotopic (exact) mass is 401 g/mol. The van der Waals surface area contributed by atoms with Crippen LogP contribution in [0.25, 0.3) is 11.3 Å². The van der Waals surface area contributed by atoms with Gasteiger partial charge >= 0.3 is 0 Å². The van der Waals surface area contributed by atoms with E-state index in [4.69, 9.17) is 0 Å². The molecule has 1 aromatic carbocycles. The summed E-state index contributed by atoms with van der Waals surface area (Å²) in [7, 11) is 0. The maximum absolute atomic E-state index is 13.7. The number of aromatic nitrogens is 3. The molecule has 3 aromatic rings. The number of hydrogen-bond donors (Lipinski definition) is 2. The lowest BCUT2D eigenvalue weighted by atomic mass is 10.2. The van der Waals surface area contributed by atoms with Gasteiger partial charge in [0.1, 0.15) is 11.6 Å². The third kappa shape index (κ3) is 4.51. The van der Waals surface area contributed by atoms with Crippen molar-refractivity contribution in [2.75, 3.05) is 10.6 Å². The fourth-order valence-corrected chi connectivity index (χ4v) is 2.47. The lowest BCUT2D eigenvalue weighted by molar-refractivity contribution is 0.622. The Labute approximate surface area is 153 Å². The van der Waals surface area contributed by atoms with Gasteiger partial charge in [-0.15, -0.1) is 0 Å². The molecular formula is C18H17BrFN5. The molecule has 2 N–H and O–H groups in total. The van der Waals surface area contributed by atoms with Gasteiger partial charge in [-0.2, -0.15) is 4.98 Å². The van der Waals surface area contributed by atoms with Crippen molar-refractivity contribution in [3.63, 3.8) is 0 Å². The van der Waals surface area contributed by atoms with Crippen LogP contribution in [0.5, 0.6) is 0 Å². The molecule has 3 rings (SSSR count). The molecule has 0 radical (unpaired) electrons. The largest absolute Gasteiger partial charge is 0.352 e. The summed E-state index contributed by atoms with van der Waals surface area (Å²) >= 11 is 3.15. The molecule has 0 saturated carbocycles. The molecule has 25 heavy (non-hydrogen) atoms. The van der Waals surface area contributed by atoms with Gasteiger partial charge in [0.05, 0.1) is 10.2 Å². The van der Waals surface area contributed by atoms with Crippen molar-refractivity contribution in [3.05, 3.63) is 59.1 Å². The Morgan fingerprint density at radius 2 is 1.80 bits per heavy atom. The Morgan fingerprint density at radius 1 is 1.04 bits per heavy atom. The minimum atomic E-state index is -0.339. The van der Waals surface area contributed by atoms with Crippen molar-refractivity contribution in [3.8, 4) is 11.3 Å². The Balaban J connectivity index is 1.98. The van der Waals surface area contributed by atoms with E-state index in [0.717, 1.165) is 11.3 Å². The van der Waals surface area contributed by atoms with Crippen LogP contribution in [-0.4, -0.2) is 21.0 Å². The summed E-state index contributed by atoms with van der Waals surface area (Å²) in [4.78, 5) is 13.0. The second kappa shape index (κ2) is 7.57. The first-order valence-electron chi connectivity index (χ1n) is 7.79. The van der Waals surface area contributed by atoms with Gasteiger partial charge in [0.15, 0.2) is 0 Å². The molecule has 2 heterocycles. The van der Waals surface area contributed by atoms with E-state index in [-0.39, 0.29) is 11.9 Å². The normalized spacial score (nSPS) is 10.8. The van der Waals surface area contributed by atoms with Crippen molar-refractivity contribution in [1.29, 1.82) is 0 Å². The highest BCUT2D eigenvalue weighted by molar-refractivity contribution is 9.10. The number of benzene rings is 1. The highest BCUT2D eigenvalue weighted by atomic mass is 79.9. The van der Waals surface area contributed by atoms with Crippen LogP contribution in [0.1, 0.15) is 13.8 Å². The van der Waals surface area contributed by atoms with E-state index >= 15 is 0 Å². The van der Waals surface area contributed by atoms with Crippen molar-refractivity contribution >= 4 is 33.4 Å². The summed E-state index contributed by atoms with van der Waals surface area (Å²) < 4.78 is 14.2. The smallest absolute Gasteiger partial charge is 0.225 e. The number of hydrogen-bond acceptors (Lipinski definition) is 5. The summed E-state index contributed by atoms with van der Waals surface area (Å²) in [5, 5.41) is 6.33. The first-order valence-corrected chi connectivity index (χ1v) is 8.58. The Morgan fingerprint density at radius 3 is 2.48 bits per heavy atom. The number of anilines is 3. The maximum Gasteiger partial charge on any atom is 0.225 e. The number of nitrogens with one attached hydrogen (secondary N) is 2. The number of rotatable bonds is 5. The topological polar surface area (TPSA) is 62.7 Å². The van der Waals surface area contributed by atoms with Gasteiger partial charge < -0.3 is 10.6 Å². The van der Waals surface area contributed by atoms with Crippen LogP contribution in [0, 0.1) is 5.82 Å². The maximum atomic E-state index is 13.7. The first kappa shape index (κ1) is 17.3. The minimum absolute atomic E-state index is 0.186. The average Bonchev–Trinajstić information content (AvgIpc) is 2.58. The van der Waals surface area contributed by atoms with Crippen LogP contribution < -0.4 is 10.6 Å². The van der Waals surface area contributed by atoms with Gasteiger partial charge in [-0.05, 0) is 60.1 Å². The van der Waals surface area contributed by atoms with Crippen molar-refractivity contribution in [1.82, 2.24) is 15.0 Å². The third-order valence-electron chi connectivity index (χ3n) is 3.31. The van der Waals surface area contributed by atoms with E-state index in [1.54, 1.807) is 24.5 Å². The van der Waals surface area contributed by atoms with Gasteiger partial charge in [-0.3, -0.25) is 4.98 Å². The summed E-state index contributed by atoms with van der Waals surface area (Å²) in [6.45, 7) is 4.03. The summed E-state index contributed by atoms with van der Waals surface area (Å²) in [5.41, 5.74) is 2.28. The summed E-state index contributed by atoms with van der Waals surface area (Å²) in [6.07, 6.45) is 3.42. The molecule has 0 atom stereocenters. The lowest BCUT2D eigenvalue weighted by Gasteiger charge is -2.13. The van der Waals surface area contributed by atoms with Gasteiger partial charge in [0, 0.05) is 35.8 Å². The standard InChI is InChI=1S/C18H17BrFN5/c1-11(2)22-18-24-16(12-5-7-21-8-6-12)10-17(25-18)23-13-3-4-14(19)15(20)9-13/h3-11H,1-2H3,(H2,22,23,24,25). The number of nitrogens with zero attached hydrogens (tertiary/aromatic N) is 3. The molecule has 0 unspecified atom stereocenters. The van der Waals surface area contributed by atoms with E-state index < -0.39 is 0 Å². The number of pyridine rings is 1. The summed E-state index contributed by atoms with van der Waals surface area (Å²) in [5.74, 6) is 0.741. The molecule has 5 nitrogen and oxygen atoms in total. The van der Waals surface area contributed by atoms with Crippen LogP contribution in [-0.2, 0) is 0 Å². The predicted octanol–water partition coefficient (Wildman–Crippen LogP) is 5.00. The van der Waals surface area contributed by atoms with Crippen molar-refractivity contribution in [2.45, 2.75) is 19.9 Å². The molecule has 0 fully saturated rings. The van der Waals surface area contributed by atoms with Gasteiger partial charge in [-0.25, -0.2) is 9.37 Å². The fourth-order valence-electron chi connectivity index (χ4n) is 2.23. The van der Waals surface area contributed by atoms with E-state index in [1.165, 1.54) is 6.07 Å². The van der Waals surface area contributed by atoms with E-state index in [0.29, 0.717) is 21.9 Å². The molecular weight excluding hydrogens is 385 g/mol. The predicted molar refractivity (Wildman–Crippen MR) is 101 cm³/mol. The van der Waals surface area contributed by atoms with Crippen LogP contribution in [0.3, 0.4) is 0 Å². The van der Waals surface area contributed by atoms with Crippen molar-refractivity contribution in [2.24, 2.45) is 0 Å². The SMILES string of the molecule is CC(C)Nc1nc(Nc2ccc(Br)c(F)c2)cc(-c2ccncc2)n1. The lowest BCUT2D eigenvalue weighted by Crippen LogP contribution is -2.13. The molecule has 7 heteroatoms. The van der Waals surface area contributed by atoms with Crippen molar-refractivity contribution < 1.29 is 4.39 Å². The first-order chi connectivity index (χ1) is 12.0. The van der Waals surface area contributed by atoms with Crippen LogP contribution in [0.2, 0.25) is 0 Å². The molecule has 2 aromatic heterocycles. The number of halogens is 2. The molecule has 0 aliphatic heterocycles. The van der Waals surface area contributed by atoms with Crippen LogP contribution in [0.4, 0.5) is 21.8 Å². The molecule has 0 bridgehead atoms. The zero-order chi connectivity index (χ0) is 17.8. The minimum Gasteiger partial charge on any atom is -0.352 e. The van der Waals surface area contributed by atoms with Gasteiger partial charge in [0.25, 0.3) is 0 Å². The zero-order valence-corrected chi connectivity index (χ0v) is 15.4. The van der Waals surface area contributed by atoms with Crippen LogP contribution >= 0.6 is 15.9 Å². The molecule has 0 aliphatic carbocycles. The molecule has 0 spiro atoms. The third-order valence-corrected chi connectivity index (χ3v) is 3.96. The van der Waals surface area contributed by atoms with Gasteiger partial charge in [0.2, 0.25) is 5.95 Å². The van der Waals surface area contributed by atoms with E-state index in [1.807, 2.05) is 32.0 Å². The molecule has 0 saturated heterocycles. The average molecular weight is 402 g/mol. The van der Waals surface area contributed by atoms with Gasteiger partial charge in [-0.1, -0.05) is 0 Å². The Hall–Kier alpha value is -2.54. The highest BCUT2D eigenvalue weighted by Gasteiger charge is 2.09. The second-order valence-corrected chi connectivity index (χ2v) is 6.61. The quantitative estimate of drug-likeness (QED) is 0.629. The fraction of sp³-hybridized carbons (Fsp3) is 0.167. The highest BCUT2D eigenvalue weighted by Crippen LogP contribution is 2.25. The summed E-state index contributed by atoms with van der Waals surface area (Å²) in [6, 6.07) is 10.6.